The molecule has 0 radical (unpaired) electrons. The van der Waals surface area contributed by atoms with Crippen molar-refractivity contribution in [3.63, 3.8) is 0 Å². The van der Waals surface area contributed by atoms with E-state index in [1.807, 2.05) is 0 Å². The molecule has 5 rings (SSSR count). The summed E-state index contributed by atoms with van der Waals surface area (Å²) in [5.74, 6) is -0.704. The van der Waals surface area contributed by atoms with Gasteiger partial charge in [0.15, 0.2) is 0 Å². The number of aryl methyl sites for hydroxylation is 2. The quantitative estimate of drug-likeness (QED) is 0.389. The Kier molecular flexibility index (Phi) is 4.39. The van der Waals surface area contributed by atoms with Crippen LogP contribution in [0.5, 0.6) is 0 Å². The first-order valence-electron chi connectivity index (χ1n) is 9.80. The van der Waals surface area contributed by atoms with Crippen LogP contribution in [-0.4, -0.2) is 21.8 Å². The van der Waals surface area contributed by atoms with E-state index in [0.717, 1.165) is 35.0 Å². The zero-order valence-corrected chi connectivity index (χ0v) is 16.4. The van der Waals surface area contributed by atoms with Gasteiger partial charge < -0.3 is 0 Å². The van der Waals surface area contributed by atoms with E-state index in [1.165, 1.54) is 28.6 Å². The molecule has 1 heterocycles. The van der Waals surface area contributed by atoms with Crippen LogP contribution in [-0.2, 0) is 12.8 Å². The molecule has 0 bridgehead atoms. The molecule has 0 unspecified atom stereocenters. The molecule has 0 saturated carbocycles. The number of aromatic nitrogens is 2. The van der Waals surface area contributed by atoms with Crippen LogP contribution in [0.3, 0.4) is 0 Å². The molecule has 148 valence electrons. The molecule has 0 fully saturated rings. The van der Waals surface area contributed by atoms with E-state index in [-0.39, 0.29) is 11.7 Å². The molecule has 2 N–H and O–H groups in total. The molecular formula is C24H19FN4O. The van der Waals surface area contributed by atoms with Gasteiger partial charge in [-0.25, -0.2) is 9.82 Å². The molecule has 0 atom stereocenters. The van der Waals surface area contributed by atoms with Gasteiger partial charge in [0.1, 0.15) is 11.5 Å². The number of benzene rings is 3. The molecule has 0 saturated heterocycles. The maximum atomic E-state index is 13.1. The number of hydrogen-bond donors (Lipinski definition) is 2. The number of aromatic amines is 1. The first-order valence-corrected chi connectivity index (χ1v) is 9.80. The van der Waals surface area contributed by atoms with Gasteiger partial charge in [0.25, 0.3) is 5.91 Å². The van der Waals surface area contributed by atoms with Crippen LogP contribution in [0.4, 0.5) is 4.39 Å². The van der Waals surface area contributed by atoms with Gasteiger partial charge in [-0.1, -0.05) is 42.5 Å². The van der Waals surface area contributed by atoms with Crippen LogP contribution >= 0.6 is 0 Å². The highest BCUT2D eigenvalue weighted by Crippen LogP contribution is 2.36. The lowest BCUT2D eigenvalue weighted by Gasteiger charge is -2.06. The Bertz CT molecular complexity index is 1290. The van der Waals surface area contributed by atoms with Crippen LogP contribution in [0.25, 0.3) is 22.0 Å². The van der Waals surface area contributed by atoms with Gasteiger partial charge in [0.2, 0.25) is 0 Å². The SMILES string of the molecule is C/C(=N\NC(=O)c1cc(-c2ccc3c4c(cccc24)CC3)n[nH]1)c1ccc(F)cc1. The van der Waals surface area contributed by atoms with Crippen molar-refractivity contribution < 1.29 is 9.18 Å². The Morgan fingerprint density at radius 1 is 1.07 bits per heavy atom. The maximum Gasteiger partial charge on any atom is 0.289 e. The minimum atomic E-state index is -0.388. The molecule has 0 spiro atoms. The summed E-state index contributed by atoms with van der Waals surface area (Å²) in [6, 6.07) is 18.3. The van der Waals surface area contributed by atoms with Crippen molar-refractivity contribution in [3.8, 4) is 11.3 Å². The number of carbonyl (C=O) groups excluding carboxylic acids is 1. The van der Waals surface area contributed by atoms with Gasteiger partial charge >= 0.3 is 0 Å². The number of carbonyl (C=O) groups is 1. The van der Waals surface area contributed by atoms with Gasteiger partial charge in [0, 0.05) is 5.56 Å². The predicted molar refractivity (Wildman–Crippen MR) is 115 cm³/mol. The van der Waals surface area contributed by atoms with Gasteiger partial charge in [-0.15, -0.1) is 0 Å². The number of hydrazone groups is 1. The number of H-pyrrole nitrogens is 1. The molecule has 1 aromatic heterocycles. The molecule has 1 aliphatic rings. The lowest BCUT2D eigenvalue weighted by Crippen LogP contribution is -2.19. The second-order valence-corrected chi connectivity index (χ2v) is 7.42. The average Bonchev–Trinajstić information content (AvgIpc) is 3.42. The highest BCUT2D eigenvalue weighted by Gasteiger charge is 2.18. The first-order chi connectivity index (χ1) is 14.6. The van der Waals surface area contributed by atoms with E-state index < -0.39 is 0 Å². The molecule has 30 heavy (non-hydrogen) atoms. The highest BCUT2D eigenvalue weighted by molar-refractivity contribution is 6.03. The van der Waals surface area contributed by atoms with Crippen molar-refractivity contribution >= 4 is 22.4 Å². The van der Waals surface area contributed by atoms with E-state index in [9.17, 15) is 9.18 Å². The zero-order chi connectivity index (χ0) is 20.7. The molecule has 1 aliphatic carbocycles. The summed E-state index contributed by atoms with van der Waals surface area (Å²) in [5.41, 5.74) is 8.60. The normalized spacial score (nSPS) is 13.1. The van der Waals surface area contributed by atoms with Gasteiger partial charge in [0.05, 0.1) is 11.4 Å². The average molecular weight is 398 g/mol. The summed E-state index contributed by atoms with van der Waals surface area (Å²) >= 11 is 0. The Labute approximate surface area is 172 Å². The molecular weight excluding hydrogens is 379 g/mol. The lowest BCUT2D eigenvalue weighted by atomic mass is 9.98. The Morgan fingerprint density at radius 2 is 1.83 bits per heavy atom. The van der Waals surface area contributed by atoms with Crippen molar-refractivity contribution in [3.05, 3.63) is 88.9 Å². The second-order valence-electron chi connectivity index (χ2n) is 7.42. The van der Waals surface area contributed by atoms with Crippen LogP contribution in [0.1, 0.15) is 34.1 Å². The third-order valence-corrected chi connectivity index (χ3v) is 5.56. The Balaban J connectivity index is 1.40. The summed E-state index contributed by atoms with van der Waals surface area (Å²) in [5, 5.41) is 13.7. The van der Waals surface area contributed by atoms with Gasteiger partial charge in [-0.2, -0.15) is 10.2 Å². The van der Waals surface area contributed by atoms with E-state index >= 15 is 0 Å². The van der Waals surface area contributed by atoms with Crippen LogP contribution in [0, 0.1) is 5.82 Å². The number of amides is 1. The van der Waals surface area contributed by atoms with Crippen molar-refractivity contribution in [2.24, 2.45) is 5.10 Å². The largest absolute Gasteiger partial charge is 0.289 e. The Morgan fingerprint density at radius 3 is 2.63 bits per heavy atom. The number of rotatable bonds is 4. The Hall–Kier alpha value is -3.80. The fourth-order valence-corrected chi connectivity index (χ4v) is 4.00. The second kappa shape index (κ2) is 7.22. The van der Waals surface area contributed by atoms with Crippen molar-refractivity contribution in [1.29, 1.82) is 0 Å². The summed E-state index contributed by atoms with van der Waals surface area (Å²) in [6.45, 7) is 1.75. The predicted octanol–water partition coefficient (Wildman–Crippen LogP) is 4.62. The number of nitrogens with zero attached hydrogens (tertiary/aromatic N) is 2. The third kappa shape index (κ3) is 3.16. The van der Waals surface area contributed by atoms with E-state index in [0.29, 0.717) is 11.4 Å². The fraction of sp³-hybridized carbons (Fsp3) is 0.125. The maximum absolute atomic E-state index is 13.1. The molecule has 4 aromatic rings. The van der Waals surface area contributed by atoms with Crippen molar-refractivity contribution in [2.75, 3.05) is 0 Å². The summed E-state index contributed by atoms with van der Waals surface area (Å²) < 4.78 is 13.1. The van der Waals surface area contributed by atoms with Gasteiger partial charge in [-0.3, -0.25) is 9.89 Å². The number of halogens is 1. The molecule has 0 aliphatic heterocycles. The first kappa shape index (κ1) is 18.2. The third-order valence-electron chi connectivity index (χ3n) is 5.56. The standard InChI is InChI=1S/C24H19FN4O/c1-14(15-7-10-18(25)11-8-15)26-29-24(30)22-13-21(27-28-22)19-12-9-17-6-5-16-3-2-4-20(19)23(16)17/h2-4,7-13H,5-6H2,1H3,(H,27,28)(H,29,30)/b26-14+. The van der Waals surface area contributed by atoms with E-state index in [2.05, 4.69) is 51.1 Å². The summed E-state index contributed by atoms with van der Waals surface area (Å²) in [6.07, 6.45) is 2.13. The highest BCUT2D eigenvalue weighted by atomic mass is 19.1. The molecule has 5 nitrogen and oxygen atoms in total. The minimum absolute atomic E-state index is 0.316. The zero-order valence-electron chi connectivity index (χ0n) is 16.4. The summed E-state index contributed by atoms with van der Waals surface area (Å²) in [7, 11) is 0. The number of hydrogen-bond acceptors (Lipinski definition) is 3. The van der Waals surface area contributed by atoms with Crippen LogP contribution in [0.2, 0.25) is 0 Å². The van der Waals surface area contributed by atoms with E-state index in [4.69, 9.17) is 0 Å². The smallest absolute Gasteiger partial charge is 0.272 e. The molecule has 3 aromatic carbocycles. The monoisotopic (exact) mass is 398 g/mol. The molecule has 1 amide bonds. The summed E-state index contributed by atoms with van der Waals surface area (Å²) in [4.78, 5) is 12.5. The van der Waals surface area contributed by atoms with Gasteiger partial charge in [-0.05, 0) is 65.4 Å². The minimum Gasteiger partial charge on any atom is -0.272 e. The number of nitrogens with one attached hydrogen (secondary N) is 2. The van der Waals surface area contributed by atoms with Crippen molar-refractivity contribution in [2.45, 2.75) is 19.8 Å². The fourth-order valence-electron chi connectivity index (χ4n) is 4.00. The van der Waals surface area contributed by atoms with Crippen molar-refractivity contribution in [1.82, 2.24) is 15.6 Å². The molecule has 6 heteroatoms. The van der Waals surface area contributed by atoms with Crippen LogP contribution < -0.4 is 5.43 Å². The van der Waals surface area contributed by atoms with Crippen LogP contribution in [0.15, 0.2) is 65.8 Å². The topological polar surface area (TPSA) is 70.1 Å². The lowest BCUT2D eigenvalue weighted by molar-refractivity contribution is 0.0950. The van der Waals surface area contributed by atoms with E-state index in [1.54, 1.807) is 25.1 Å².